The Kier molecular flexibility index (Phi) is 1.80. The van der Waals surface area contributed by atoms with Crippen LogP contribution in [0.5, 0.6) is 0 Å². The highest BCUT2D eigenvalue weighted by Crippen LogP contribution is 2.32. The van der Waals surface area contributed by atoms with Gasteiger partial charge in [0.25, 0.3) is 0 Å². The second-order valence-electron chi connectivity index (χ2n) is 4.48. The topological polar surface area (TPSA) is 15.6 Å². The monoisotopic (exact) mass is 233 g/mol. The van der Waals surface area contributed by atoms with Crippen molar-refractivity contribution in [2.45, 2.75) is 0 Å². The molecule has 3 aromatic carbocycles. The van der Waals surface area contributed by atoms with E-state index in [2.05, 4.69) is 53.4 Å². The number of anilines is 1. The van der Waals surface area contributed by atoms with Crippen LogP contribution in [0, 0.1) is 0 Å². The molecule has 0 aliphatic carbocycles. The first-order valence-corrected chi connectivity index (χ1v) is 6.76. The van der Waals surface area contributed by atoms with Crippen LogP contribution in [0.4, 0.5) is 5.69 Å². The standard InChI is InChI=1S/C14H10N2.Al/c1-16-12-8-6-10-4-2-3-9-5-7-11(15)14(12)13(9)10;/h2-8H,1H3;/q-2;+2. The summed E-state index contributed by atoms with van der Waals surface area (Å²) >= 11 is -0.000599. The molecule has 2 nitrogen and oxygen atoms in total. The van der Waals surface area contributed by atoms with Gasteiger partial charge in [0, 0.05) is 21.8 Å². The lowest BCUT2D eigenvalue weighted by atomic mass is 9.99. The van der Waals surface area contributed by atoms with E-state index in [9.17, 15) is 0 Å². The fourth-order valence-electron chi connectivity index (χ4n) is 2.66. The average molecular weight is 233 g/mol. The molecule has 1 heterocycles. The van der Waals surface area contributed by atoms with Crippen molar-refractivity contribution >= 4 is 42.9 Å². The molecular weight excluding hydrogens is 223 g/mol. The van der Waals surface area contributed by atoms with Crippen LogP contribution in [-0.2, 0) is 0 Å². The summed E-state index contributed by atoms with van der Waals surface area (Å²) in [5.41, 5.74) is 1.33. The van der Waals surface area contributed by atoms with Gasteiger partial charge in [-0.05, 0) is 30.0 Å². The van der Waals surface area contributed by atoms with Gasteiger partial charge in [-0.3, -0.25) is 0 Å². The zero-order chi connectivity index (χ0) is 11.4. The molecule has 0 N–H and O–H groups in total. The van der Waals surface area contributed by atoms with E-state index in [0.717, 1.165) is 5.36 Å². The average Bonchev–Trinajstić information content (AvgIpc) is 2.38. The summed E-state index contributed by atoms with van der Waals surface area (Å²) < 4.78 is 6.99. The van der Waals surface area contributed by atoms with E-state index in [-0.39, 0.29) is 15.7 Å². The first-order valence-electron chi connectivity index (χ1n) is 5.73. The van der Waals surface area contributed by atoms with Crippen molar-refractivity contribution in [3.63, 3.8) is 0 Å². The van der Waals surface area contributed by atoms with Crippen molar-refractivity contribution in [3.05, 3.63) is 47.8 Å². The number of hydrogen-bond donors (Lipinski definition) is 0. The van der Waals surface area contributed by atoms with Gasteiger partial charge < -0.3 is 7.86 Å². The maximum Gasteiger partial charge on any atom is 0.573 e. The van der Waals surface area contributed by atoms with Gasteiger partial charge in [0.2, 0.25) is 0 Å². The second-order valence-corrected chi connectivity index (χ2v) is 5.74. The van der Waals surface area contributed by atoms with Crippen LogP contribution in [0.3, 0.4) is 0 Å². The molecule has 79 valence electrons. The molecule has 3 heteroatoms. The summed E-state index contributed by atoms with van der Waals surface area (Å²) in [6, 6.07) is 15.3. The Labute approximate surface area is 106 Å². The molecular formula is C14H10AlN2. The Hall–Kier alpha value is -1.56. The van der Waals surface area contributed by atoms with Gasteiger partial charge in [-0.25, -0.2) is 0 Å². The van der Waals surface area contributed by atoms with Gasteiger partial charge >= 0.3 is 15.7 Å². The smallest absolute Gasteiger partial charge is 0.452 e. The molecule has 0 atom stereocenters. The molecule has 0 unspecified atom stereocenters. The van der Waals surface area contributed by atoms with Gasteiger partial charge in [-0.2, -0.15) is 0 Å². The Balaban J connectivity index is 2.40. The van der Waals surface area contributed by atoms with Crippen molar-refractivity contribution in [2.24, 2.45) is 3.98 Å². The van der Waals surface area contributed by atoms with Crippen molar-refractivity contribution in [1.82, 2.24) is 0 Å². The predicted octanol–water partition coefficient (Wildman–Crippen LogP) is 2.32. The maximum absolute atomic E-state index is 4.70. The number of rotatable bonds is 0. The first kappa shape index (κ1) is 9.47. The zero-order valence-electron chi connectivity index (χ0n) is 9.51. The summed E-state index contributed by atoms with van der Waals surface area (Å²) in [5.74, 6) is 0. The summed E-state index contributed by atoms with van der Waals surface area (Å²) in [6.07, 6.45) is 0. The fraction of sp³-hybridized carbons (Fsp3) is 0.0714. The van der Waals surface area contributed by atoms with E-state index in [0.29, 0.717) is 0 Å². The normalized spacial score (nSPS) is 13.8. The van der Waals surface area contributed by atoms with Gasteiger partial charge in [-0.15, -0.1) is 0 Å². The summed E-state index contributed by atoms with van der Waals surface area (Å²) in [6.45, 7) is 0. The van der Waals surface area contributed by atoms with Crippen LogP contribution >= 0.6 is 0 Å². The SMILES string of the molecule is C[N]1[Al][N]=c2ccc3cccc4ccc1c2c43. The molecule has 17 heavy (non-hydrogen) atoms. The van der Waals surface area contributed by atoms with Crippen LogP contribution < -0.4 is 9.24 Å². The predicted molar refractivity (Wildman–Crippen MR) is 72.4 cm³/mol. The van der Waals surface area contributed by atoms with E-state index in [1.807, 2.05) is 0 Å². The van der Waals surface area contributed by atoms with Gasteiger partial charge in [-0.1, -0.05) is 30.3 Å². The molecule has 0 fully saturated rings. The fourth-order valence-corrected chi connectivity index (χ4v) is 3.51. The molecule has 0 bridgehead atoms. The highest BCUT2D eigenvalue weighted by atomic mass is 27.1. The van der Waals surface area contributed by atoms with Crippen molar-refractivity contribution in [1.29, 1.82) is 0 Å². The lowest BCUT2D eigenvalue weighted by molar-refractivity contribution is 1.28. The van der Waals surface area contributed by atoms with Gasteiger partial charge in [0.05, 0.1) is 0 Å². The van der Waals surface area contributed by atoms with E-state index >= 15 is 0 Å². The number of benzene rings is 3. The number of nitrogens with zero attached hydrogens (tertiary/aromatic N) is 2. The minimum absolute atomic E-state index is 0.000599. The lowest BCUT2D eigenvalue weighted by Gasteiger charge is -2.23. The van der Waals surface area contributed by atoms with Crippen molar-refractivity contribution < 1.29 is 0 Å². The Morgan fingerprint density at radius 2 is 1.71 bits per heavy atom. The molecule has 0 aromatic heterocycles. The summed E-state index contributed by atoms with van der Waals surface area (Å²) in [5, 5.41) is 6.46. The third-order valence-corrected chi connectivity index (χ3v) is 4.50. The minimum atomic E-state index is -0.000599. The summed E-state index contributed by atoms with van der Waals surface area (Å²) in [7, 11) is 2.13. The molecule has 0 amide bonds. The van der Waals surface area contributed by atoms with E-state index < -0.39 is 0 Å². The Morgan fingerprint density at radius 3 is 2.53 bits per heavy atom. The molecule has 0 spiro atoms. The molecule has 1 aliphatic heterocycles. The Morgan fingerprint density at radius 1 is 0.941 bits per heavy atom. The first-order chi connectivity index (χ1) is 8.34. The largest absolute Gasteiger partial charge is 0.573 e. The van der Waals surface area contributed by atoms with Crippen LogP contribution in [0.1, 0.15) is 0 Å². The van der Waals surface area contributed by atoms with E-state index in [1.54, 1.807) is 0 Å². The summed E-state index contributed by atoms with van der Waals surface area (Å²) in [4.78, 5) is 0. The highest BCUT2D eigenvalue weighted by molar-refractivity contribution is 6.41. The van der Waals surface area contributed by atoms with Crippen molar-refractivity contribution in [2.75, 3.05) is 10.9 Å². The quantitative estimate of drug-likeness (QED) is 0.544. The molecule has 3 aromatic rings. The van der Waals surface area contributed by atoms with Crippen LogP contribution in [0.15, 0.2) is 46.4 Å². The van der Waals surface area contributed by atoms with Crippen LogP contribution in [-0.4, -0.2) is 22.7 Å². The van der Waals surface area contributed by atoms with Crippen LogP contribution in [0.25, 0.3) is 21.5 Å². The van der Waals surface area contributed by atoms with Gasteiger partial charge in [0.1, 0.15) is 0 Å². The molecule has 1 radical (unpaired) electrons. The third-order valence-electron chi connectivity index (χ3n) is 3.48. The van der Waals surface area contributed by atoms with E-state index in [4.69, 9.17) is 3.98 Å². The molecule has 0 saturated carbocycles. The third kappa shape index (κ3) is 1.18. The van der Waals surface area contributed by atoms with Crippen LogP contribution in [0.2, 0.25) is 0 Å². The Bertz CT molecular complexity index is 779. The lowest BCUT2D eigenvalue weighted by Crippen LogP contribution is -2.28. The maximum atomic E-state index is 4.70. The van der Waals surface area contributed by atoms with Gasteiger partial charge in [0.15, 0.2) is 0 Å². The number of hydrogen-bond acceptors (Lipinski definition) is 2. The molecule has 4 rings (SSSR count). The zero-order valence-corrected chi connectivity index (χ0v) is 10.7. The highest BCUT2D eigenvalue weighted by Gasteiger charge is 2.16. The van der Waals surface area contributed by atoms with Crippen molar-refractivity contribution in [3.8, 4) is 0 Å². The van der Waals surface area contributed by atoms with E-state index in [1.165, 1.54) is 27.2 Å². The minimum Gasteiger partial charge on any atom is -0.452 e. The molecule has 0 saturated heterocycles. The molecule has 1 aliphatic rings. The second kappa shape index (κ2) is 3.23.